The molecule has 2 heterocycles. The highest BCUT2D eigenvalue weighted by molar-refractivity contribution is 7.90. The molecule has 3 N–H and O–H groups in total. The number of anilines is 2. The Morgan fingerprint density at radius 2 is 1.90 bits per heavy atom. The molecule has 31 heavy (non-hydrogen) atoms. The molecule has 0 aliphatic heterocycles. The number of nitrogens with one attached hydrogen (secondary N) is 3. The summed E-state index contributed by atoms with van der Waals surface area (Å²) in [6.07, 6.45) is 7.73. The molecule has 2 aromatic heterocycles. The first-order valence-corrected chi connectivity index (χ1v) is 12.7. The summed E-state index contributed by atoms with van der Waals surface area (Å²) in [5.41, 5.74) is 2.04. The average Bonchev–Trinajstić information content (AvgIpc) is 3.13. The van der Waals surface area contributed by atoms with E-state index < -0.39 is 16.1 Å². The first-order valence-electron chi connectivity index (χ1n) is 10.4. The fourth-order valence-electron chi connectivity index (χ4n) is 3.63. The number of aryl methyl sites for hydroxylation is 2. The smallest absolute Gasteiger partial charge is 0.328 e. The molecule has 0 spiro atoms. The molecule has 2 amide bonds. The van der Waals surface area contributed by atoms with Crippen molar-refractivity contribution in [1.29, 1.82) is 0 Å². The van der Waals surface area contributed by atoms with Crippen LogP contribution in [0.2, 0.25) is 0 Å². The molecule has 0 fully saturated rings. The molecule has 8 nitrogen and oxygen atoms in total. The van der Waals surface area contributed by atoms with Crippen molar-refractivity contribution in [2.45, 2.75) is 50.3 Å². The average molecular weight is 460 g/mol. The molecule has 0 radical (unpaired) electrons. The number of fused-ring (bicyclic) bond motifs is 3. The van der Waals surface area contributed by atoms with Gasteiger partial charge in [-0.05, 0) is 61.9 Å². The molecular formula is C21H25N5O3S2. The monoisotopic (exact) mass is 459 g/mol. The van der Waals surface area contributed by atoms with Crippen LogP contribution in [0.1, 0.15) is 43.0 Å². The first-order chi connectivity index (χ1) is 15.0. The van der Waals surface area contributed by atoms with Crippen molar-refractivity contribution in [3.63, 3.8) is 0 Å². The maximum Gasteiger partial charge on any atom is 0.328 e. The van der Waals surface area contributed by atoms with Crippen LogP contribution in [0, 0.1) is 0 Å². The van der Waals surface area contributed by atoms with E-state index in [9.17, 15) is 13.2 Å². The molecular weight excluding hydrogens is 434 g/mol. The molecule has 3 aromatic rings. The van der Waals surface area contributed by atoms with Crippen molar-refractivity contribution in [3.8, 4) is 0 Å². The summed E-state index contributed by atoms with van der Waals surface area (Å²) in [5.74, 6) is 0.730. The van der Waals surface area contributed by atoms with E-state index in [0.29, 0.717) is 12.2 Å². The number of urea groups is 1. The Morgan fingerprint density at radius 1 is 1.13 bits per heavy atom. The van der Waals surface area contributed by atoms with Crippen LogP contribution in [0.25, 0.3) is 10.2 Å². The van der Waals surface area contributed by atoms with E-state index in [0.717, 1.165) is 41.7 Å². The van der Waals surface area contributed by atoms with Crippen LogP contribution in [0.15, 0.2) is 35.5 Å². The number of carbonyl (C=O) groups excluding carboxylic acids is 1. The summed E-state index contributed by atoms with van der Waals surface area (Å²) in [6, 6.07) is 5.53. The molecule has 0 saturated carbocycles. The standard InChI is InChI=1S/C21H25N5O3S2/c1-2-3-12-22-21(27)26-31(28,29)15-10-8-14(9-11-15)25-19-18-16-6-4-5-7-17(16)30-20(18)24-13-23-19/h8-11,13H,2-7,12H2,1H3,(H2,22,26,27)(H,23,24,25). The molecule has 1 aliphatic carbocycles. The number of hydrogen-bond acceptors (Lipinski definition) is 7. The summed E-state index contributed by atoms with van der Waals surface area (Å²) in [4.78, 5) is 23.0. The normalized spacial score (nSPS) is 13.6. The molecule has 4 rings (SSSR count). The van der Waals surface area contributed by atoms with Gasteiger partial charge < -0.3 is 10.6 Å². The zero-order valence-corrected chi connectivity index (χ0v) is 18.9. The Kier molecular flexibility index (Phi) is 6.38. The van der Waals surface area contributed by atoms with Gasteiger partial charge in [-0.1, -0.05) is 13.3 Å². The van der Waals surface area contributed by atoms with Gasteiger partial charge >= 0.3 is 6.03 Å². The number of rotatable bonds is 7. The van der Waals surface area contributed by atoms with Gasteiger partial charge in [0.15, 0.2) is 0 Å². The lowest BCUT2D eigenvalue weighted by Crippen LogP contribution is -2.39. The number of aromatic nitrogens is 2. The topological polar surface area (TPSA) is 113 Å². The van der Waals surface area contributed by atoms with Crippen LogP contribution in [0.5, 0.6) is 0 Å². The number of hydrogen-bond donors (Lipinski definition) is 3. The van der Waals surface area contributed by atoms with Crippen molar-refractivity contribution in [2.24, 2.45) is 0 Å². The highest BCUT2D eigenvalue weighted by Crippen LogP contribution is 2.38. The lowest BCUT2D eigenvalue weighted by molar-refractivity contribution is 0.245. The van der Waals surface area contributed by atoms with Crippen LogP contribution in [0.3, 0.4) is 0 Å². The minimum Gasteiger partial charge on any atom is -0.340 e. The zero-order valence-electron chi connectivity index (χ0n) is 17.3. The largest absolute Gasteiger partial charge is 0.340 e. The van der Waals surface area contributed by atoms with Crippen molar-refractivity contribution >= 4 is 49.1 Å². The maximum atomic E-state index is 12.4. The third-order valence-corrected chi connectivity index (χ3v) is 7.77. The molecule has 1 aliphatic rings. The Hall–Kier alpha value is -2.72. The second kappa shape index (κ2) is 9.19. The Balaban J connectivity index is 1.50. The number of nitrogens with zero attached hydrogens (tertiary/aromatic N) is 2. The molecule has 10 heteroatoms. The van der Waals surface area contributed by atoms with Crippen LogP contribution >= 0.6 is 11.3 Å². The van der Waals surface area contributed by atoms with Gasteiger partial charge in [0.05, 0.1) is 10.3 Å². The van der Waals surface area contributed by atoms with E-state index in [4.69, 9.17) is 0 Å². The Bertz CT molecular complexity index is 1190. The third-order valence-electron chi connectivity index (χ3n) is 5.22. The van der Waals surface area contributed by atoms with E-state index in [1.165, 1.54) is 35.4 Å². The second-order valence-corrected chi connectivity index (χ2v) is 10.2. The van der Waals surface area contributed by atoms with Crippen LogP contribution in [-0.4, -0.2) is 31.0 Å². The highest BCUT2D eigenvalue weighted by Gasteiger charge is 2.20. The second-order valence-electron chi connectivity index (χ2n) is 7.48. The number of carbonyl (C=O) groups is 1. The minimum atomic E-state index is -3.94. The molecule has 0 bridgehead atoms. The predicted molar refractivity (Wildman–Crippen MR) is 122 cm³/mol. The summed E-state index contributed by atoms with van der Waals surface area (Å²) in [5, 5.41) is 6.90. The fraction of sp³-hybridized carbons (Fsp3) is 0.381. The quantitative estimate of drug-likeness (QED) is 0.459. The van der Waals surface area contributed by atoms with Crippen molar-refractivity contribution in [3.05, 3.63) is 41.0 Å². The van der Waals surface area contributed by atoms with E-state index in [1.54, 1.807) is 29.8 Å². The van der Waals surface area contributed by atoms with E-state index in [-0.39, 0.29) is 4.90 Å². The Morgan fingerprint density at radius 3 is 2.68 bits per heavy atom. The third kappa shape index (κ3) is 4.80. The van der Waals surface area contributed by atoms with Crippen molar-refractivity contribution in [1.82, 2.24) is 20.0 Å². The molecule has 0 unspecified atom stereocenters. The first kappa shape index (κ1) is 21.5. The lowest BCUT2D eigenvalue weighted by Gasteiger charge is -2.13. The lowest BCUT2D eigenvalue weighted by atomic mass is 9.97. The molecule has 164 valence electrons. The van der Waals surface area contributed by atoms with Crippen molar-refractivity contribution in [2.75, 3.05) is 11.9 Å². The predicted octanol–water partition coefficient (Wildman–Crippen LogP) is 4.10. The summed E-state index contributed by atoms with van der Waals surface area (Å²) >= 11 is 1.73. The van der Waals surface area contributed by atoms with Gasteiger partial charge in [-0.25, -0.2) is 27.9 Å². The van der Waals surface area contributed by atoms with Gasteiger partial charge in [-0.2, -0.15) is 0 Å². The Labute approximate surface area is 185 Å². The minimum absolute atomic E-state index is 0.0180. The van der Waals surface area contributed by atoms with Gasteiger partial charge in [0.1, 0.15) is 17.0 Å². The number of benzene rings is 1. The molecule has 0 saturated heterocycles. The van der Waals surface area contributed by atoms with Crippen LogP contribution in [-0.2, 0) is 22.9 Å². The molecule has 1 aromatic carbocycles. The van der Waals surface area contributed by atoms with Crippen LogP contribution < -0.4 is 15.4 Å². The number of thiophene rings is 1. The van der Waals surface area contributed by atoms with Gasteiger partial charge in [0.25, 0.3) is 10.0 Å². The molecule has 0 atom stereocenters. The summed E-state index contributed by atoms with van der Waals surface area (Å²) < 4.78 is 26.9. The van der Waals surface area contributed by atoms with Crippen LogP contribution in [0.4, 0.5) is 16.3 Å². The van der Waals surface area contributed by atoms with Gasteiger partial charge in [0.2, 0.25) is 0 Å². The van der Waals surface area contributed by atoms with Gasteiger partial charge in [-0.15, -0.1) is 11.3 Å². The van der Waals surface area contributed by atoms with Crippen molar-refractivity contribution < 1.29 is 13.2 Å². The number of unbranched alkanes of at least 4 members (excludes halogenated alkanes) is 1. The number of sulfonamides is 1. The van der Waals surface area contributed by atoms with E-state index in [2.05, 4.69) is 20.6 Å². The van der Waals surface area contributed by atoms with E-state index >= 15 is 0 Å². The van der Waals surface area contributed by atoms with Gasteiger partial charge in [0, 0.05) is 17.1 Å². The SMILES string of the molecule is CCCCNC(=O)NS(=O)(=O)c1ccc(Nc2ncnc3sc4c(c23)CCCC4)cc1. The highest BCUT2D eigenvalue weighted by atomic mass is 32.2. The fourth-order valence-corrected chi connectivity index (χ4v) is 5.79. The number of amides is 2. The summed E-state index contributed by atoms with van der Waals surface area (Å²) in [7, 11) is -3.94. The zero-order chi connectivity index (χ0) is 21.8. The maximum absolute atomic E-state index is 12.4. The van der Waals surface area contributed by atoms with E-state index in [1.807, 2.05) is 11.6 Å². The summed E-state index contributed by atoms with van der Waals surface area (Å²) in [6.45, 7) is 2.42. The van der Waals surface area contributed by atoms with Gasteiger partial charge in [-0.3, -0.25) is 0 Å².